The predicted molar refractivity (Wildman–Crippen MR) is 88.3 cm³/mol. The first-order valence-corrected chi connectivity index (χ1v) is 10.1. The van der Waals surface area contributed by atoms with Crippen LogP contribution in [0.2, 0.25) is 0 Å². The van der Waals surface area contributed by atoms with Crippen LogP contribution in [0.4, 0.5) is 0 Å². The standard InChI is InChI=1S/C16H32N2O2S/c1-16(2,3)21(19,20)12-11-18-10-9-17-13-15(18)14-7-5-4-6-8-14/h14-15,17H,4-13H2,1-3H3. The molecule has 124 valence electrons. The monoisotopic (exact) mass is 316 g/mol. The second-order valence-corrected chi connectivity index (χ2v) is 10.5. The molecule has 5 heteroatoms. The summed E-state index contributed by atoms with van der Waals surface area (Å²) in [5.41, 5.74) is 0. The van der Waals surface area contributed by atoms with Crippen molar-refractivity contribution in [2.75, 3.05) is 31.9 Å². The quantitative estimate of drug-likeness (QED) is 0.862. The molecule has 2 fully saturated rings. The van der Waals surface area contributed by atoms with Crippen LogP contribution in [0.3, 0.4) is 0 Å². The van der Waals surface area contributed by atoms with Crippen LogP contribution in [0.15, 0.2) is 0 Å². The van der Waals surface area contributed by atoms with Crippen molar-refractivity contribution in [3.05, 3.63) is 0 Å². The average Bonchev–Trinajstić information content (AvgIpc) is 2.45. The van der Waals surface area contributed by atoms with E-state index in [2.05, 4.69) is 10.2 Å². The number of sulfone groups is 1. The van der Waals surface area contributed by atoms with Gasteiger partial charge in [0.2, 0.25) is 0 Å². The lowest BCUT2D eigenvalue weighted by Crippen LogP contribution is -2.56. The van der Waals surface area contributed by atoms with Gasteiger partial charge in [0.25, 0.3) is 0 Å². The van der Waals surface area contributed by atoms with E-state index >= 15 is 0 Å². The van der Waals surface area contributed by atoms with Crippen molar-refractivity contribution >= 4 is 9.84 Å². The SMILES string of the molecule is CC(C)(C)S(=O)(=O)CCN1CCNCC1C1CCCCC1. The molecular weight excluding hydrogens is 284 g/mol. The number of nitrogens with zero attached hydrogens (tertiary/aromatic N) is 1. The van der Waals surface area contributed by atoms with Gasteiger partial charge in [-0.05, 0) is 39.5 Å². The fourth-order valence-electron chi connectivity index (χ4n) is 3.57. The van der Waals surface area contributed by atoms with Gasteiger partial charge in [0.15, 0.2) is 9.84 Å². The Morgan fingerprint density at radius 1 is 1.14 bits per heavy atom. The summed E-state index contributed by atoms with van der Waals surface area (Å²) in [5, 5.41) is 3.50. The molecule has 0 aromatic heterocycles. The van der Waals surface area contributed by atoms with Crippen molar-refractivity contribution in [1.29, 1.82) is 0 Å². The zero-order chi connectivity index (χ0) is 15.5. The summed E-state index contributed by atoms with van der Waals surface area (Å²) in [6.07, 6.45) is 6.68. The van der Waals surface area contributed by atoms with Crippen molar-refractivity contribution in [2.24, 2.45) is 5.92 Å². The molecule has 0 bridgehead atoms. The largest absolute Gasteiger partial charge is 0.314 e. The molecule has 2 rings (SSSR count). The summed E-state index contributed by atoms with van der Waals surface area (Å²) >= 11 is 0. The highest BCUT2D eigenvalue weighted by Gasteiger charge is 2.33. The fourth-order valence-corrected chi connectivity index (χ4v) is 4.66. The summed E-state index contributed by atoms with van der Waals surface area (Å²) in [6.45, 7) is 9.11. The first-order valence-electron chi connectivity index (χ1n) is 8.48. The van der Waals surface area contributed by atoms with Gasteiger partial charge in [0.05, 0.1) is 10.5 Å². The van der Waals surface area contributed by atoms with Gasteiger partial charge in [0.1, 0.15) is 0 Å². The van der Waals surface area contributed by atoms with E-state index in [1.54, 1.807) is 20.8 Å². The molecule has 1 aliphatic heterocycles. The third kappa shape index (κ3) is 4.42. The lowest BCUT2D eigenvalue weighted by atomic mass is 9.82. The maximum atomic E-state index is 12.3. The number of nitrogens with one attached hydrogen (secondary N) is 1. The predicted octanol–water partition coefficient (Wildman–Crippen LogP) is 2.05. The number of piperazine rings is 1. The molecule has 1 saturated heterocycles. The smallest absolute Gasteiger partial charge is 0.156 e. The Kier molecular flexibility index (Phi) is 5.71. The van der Waals surface area contributed by atoms with E-state index in [4.69, 9.17) is 0 Å². The maximum Gasteiger partial charge on any atom is 0.156 e. The van der Waals surface area contributed by atoms with E-state index in [1.807, 2.05) is 0 Å². The number of rotatable bonds is 4. The average molecular weight is 317 g/mol. The molecule has 0 amide bonds. The van der Waals surface area contributed by atoms with Gasteiger partial charge in [-0.3, -0.25) is 4.90 Å². The van der Waals surface area contributed by atoms with Crippen LogP contribution in [0.1, 0.15) is 52.9 Å². The Bertz CT molecular complexity index is 422. The second kappa shape index (κ2) is 6.97. The summed E-state index contributed by atoms with van der Waals surface area (Å²) in [6, 6.07) is 0.536. The fraction of sp³-hybridized carbons (Fsp3) is 1.00. The molecule has 1 saturated carbocycles. The van der Waals surface area contributed by atoms with E-state index in [0.717, 1.165) is 25.6 Å². The van der Waals surface area contributed by atoms with Crippen LogP contribution in [-0.4, -0.2) is 56.0 Å². The van der Waals surface area contributed by atoms with Crippen LogP contribution < -0.4 is 5.32 Å². The summed E-state index contributed by atoms with van der Waals surface area (Å²) in [7, 11) is -3.01. The van der Waals surface area contributed by atoms with Crippen molar-refractivity contribution in [3.8, 4) is 0 Å². The molecule has 0 aromatic carbocycles. The molecule has 0 aromatic rings. The van der Waals surface area contributed by atoms with Crippen LogP contribution in [0, 0.1) is 5.92 Å². The van der Waals surface area contributed by atoms with Gasteiger partial charge in [-0.2, -0.15) is 0 Å². The van der Waals surface area contributed by atoms with Crippen molar-refractivity contribution < 1.29 is 8.42 Å². The minimum atomic E-state index is -3.01. The molecule has 21 heavy (non-hydrogen) atoms. The summed E-state index contributed by atoms with van der Waals surface area (Å²) in [4.78, 5) is 2.44. The highest BCUT2D eigenvalue weighted by atomic mass is 32.2. The Morgan fingerprint density at radius 3 is 2.43 bits per heavy atom. The minimum Gasteiger partial charge on any atom is -0.314 e. The second-order valence-electron chi connectivity index (χ2n) is 7.64. The highest BCUT2D eigenvalue weighted by Crippen LogP contribution is 2.29. The third-order valence-corrected chi connectivity index (χ3v) is 7.76. The third-order valence-electron chi connectivity index (χ3n) is 5.17. The molecule has 4 nitrogen and oxygen atoms in total. The van der Waals surface area contributed by atoms with Gasteiger partial charge in [-0.15, -0.1) is 0 Å². The molecule has 1 unspecified atom stereocenters. The van der Waals surface area contributed by atoms with Crippen LogP contribution in [-0.2, 0) is 9.84 Å². The Hall–Kier alpha value is -0.130. The first kappa shape index (κ1) is 17.2. The van der Waals surface area contributed by atoms with E-state index in [0.29, 0.717) is 18.3 Å². The van der Waals surface area contributed by atoms with Crippen molar-refractivity contribution in [2.45, 2.75) is 63.7 Å². The van der Waals surface area contributed by atoms with E-state index in [1.165, 1.54) is 32.1 Å². The normalized spacial score (nSPS) is 26.9. The molecule has 1 N–H and O–H groups in total. The first-order chi connectivity index (χ1) is 9.81. The zero-order valence-electron chi connectivity index (χ0n) is 13.9. The van der Waals surface area contributed by atoms with Crippen LogP contribution in [0.5, 0.6) is 0 Å². The van der Waals surface area contributed by atoms with Gasteiger partial charge in [-0.1, -0.05) is 19.3 Å². The van der Waals surface area contributed by atoms with Gasteiger partial charge in [-0.25, -0.2) is 8.42 Å². The van der Waals surface area contributed by atoms with Gasteiger partial charge < -0.3 is 5.32 Å². The Morgan fingerprint density at radius 2 is 1.81 bits per heavy atom. The number of hydrogen-bond acceptors (Lipinski definition) is 4. The van der Waals surface area contributed by atoms with Gasteiger partial charge >= 0.3 is 0 Å². The minimum absolute atomic E-state index is 0.291. The lowest BCUT2D eigenvalue weighted by molar-refractivity contribution is 0.0985. The van der Waals surface area contributed by atoms with Crippen molar-refractivity contribution in [1.82, 2.24) is 10.2 Å². The van der Waals surface area contributed by atoms with Crippen LogP contribution in [0.25, 0.3) is 0 Å². The van der Waals surface area contributed by atoms with Crippen molar-refractivity contribution in [3.63, 3.8) is 0 Å². The van der Waals surface area contributed by atoms with Crippen LogP contribution >= 0.6 is 0 Å². The summed E-state index contributed by atoms with van der Waals surface area (Å²) in [5.74, 6) is 1.04. The molecular formula is C16H32N2O2S. The molecule has 2 aliphatic rings. The lowest BCUT2D eigenvalue weighted by Gasteiger charge is -2.42. The highest BCUT2D eigenvalue weighted by molar-refractivity contribution is 7.92. The Balaban J connectivity index is 1.96. The van der Waals surface area contributed by atoms with E-state index in [-0.39, 0.29) is 0 Å². The van der Waals surface area contributed by atoms with E-state index < -0.39 is 14.6 Å². The maximum absolute atomic E-state index is 12.3. The molecule has 0 radical (unpaired) electrons. The van der Waals surface area contributed by atoms with Gasteiger partial charge in [0, 0.05) is 32.2 Å². The molecule has 0 spiro atoms. The topological polar surface area (TPSA) is 49.4 Å². The molecule has 1 atom stereocenters. The summed E-state index contributed by atoms with van der Waals surface area (Å²) < 4.78 is 24.0. The van der Waals surface area contributed by atoms with E-state index in [9.17, 15) is 8.42 Å². The number of hydrogen-bond donors (Lipinski definition) is 1. The zero-order valence-corrected chi connectivity index (χ0v) is 14.7. The Labute approximate surface area is 130 Å². The molecule has 1 aliphatic carbocycles. The molecule has 1 heterocycles.